The lowest BCUT2D eigenvalue weighted by Crippen LogP contribution is -2.40. The summed E-state index contributed by atoms with van der Waals surface area (Å²) in [6, 6.07) is 0. The maximum absolute atomic E-state index is 4.23. The van der Waals surface area contributed by atoms with Crippen molar-refractivity contribution in [3.63, 3.8) is 0 Å². The Morgan fingerprint density at radius 2 is 2.40 bits per heavy atom. The molecule has 10 heavy (non-hydrogen) atoms. The van der Waals surface area contributed by atoms with E-state index in [-0.39, 0.29) is 0 Å². The summed E-state index contributed by atoms with van der Waals surface area (Å²) in [5.41, 5.74) is 3.21. The summed E-state index contributed by atoms with van der Waals surface area (Å²) in [5.74, 6) is 0.900. The molecule has 0 unspecified atom stereocenters. The van der Waals surface area contributed by atoms with Crippen LogP contribution in [0.4, 0.5) is 0 Å². The summed E-state index contributed by atoms with van der Waals surface area (Å²) in [7, 11) is 0. The van der Waals surface area contributed by atoms with E-state index in [1.54, 1.807) is 0 Å². The Balaban J connectivity index is 1.97. The average molecular weight is 139 g/mol. The van der Waals surface area contributed by atoms with Crippen LogP contribution in [0.3, 0.4) is 0 Å². The molecule has 2 rings (SSSR count). The van der Waals surface area contributed by atoms with Crippen LogP contribution in [0.15, 0.2) is 4.99 Å². The van der Waals surface area contributed by atoms with Crippen LogP contribution in [0.25, 0.3) is 0 Å². The van der Waals surface area contributed by atoms with Gasteiger partial charge in [-0.2, -0.15) is 0 Å². The van der Waals surface area contributed by atoms with Crippen molar-refractivity contribution in [3.05, 3.63) is 0 Å². The molecule has 0 saturated carbocycles. The molecular formula is C6H11N4. The van der Waals surface area contributed by atoms with Gasteiger partial charge < -0.3 is 0 Å². The Labute approximate surface area is 60.3 Å². The summed E-state index contributed by atoms with van der Waals surface area (Å²) < 4.78 is 0. The van der Waals surface area contributed by atoms with Gasteiger partial charge in [0.2, 0.25) is 5.96 Å². The van der Waals surface area contributed by atoms with Gasteiger partial charge in [-0.15, -0.1) is 0 Å². The molecule has 0 aromatic heterocycles. The van der Waals surface area contributed by atoms with Gasteiger partial charge in [-0.25, -0.2) is 15.7 Å². The first-order chi connectivity index (χ1) is 4.97. The monoisotopic (exact) mass is 139 g/mol. The van der Waals surface area contributed by atoms with E-state index < -0.39 is 0 Å². The standard InChI is InChI=1S/C6H11N4/c1-2-9-10(5-1)6-7-3-4-8-6/h9H,1-5H2. The molecule has 1 radical (unpaired) electrons. The predicted octanol–water partition coefficient (Wildman–Crippen LogP) is -0.829. The molecule has 0 bridgehead atoms. The molecule has 0 aliphatic carbocycles. The van der Waals surface area contributed by atoms with Gasteiger partial charge in [0.1, 0.15) is 0 Å². The molecule has 0 spiro atoms. The lowest BCUT2D eigenvalue weighted by Gasteiger charge is -2.15. The second-order valence-corrected chi connectivity index (χ2v) is 2.48. The third-order valence-corrected chi connectivity index (χ3v) is 1.71. The number of aliphatic imine (C=N–C) groups is 1. The molecule has 1 N–H and O–H groups in total. The molecule has 0 atom stereocenters. The minimum Gasteiger partial charge on any atom is -0.277 e. The average Bonchev–Trinajstić information content (AvgIpc) is 2.59. The normalized spacial score (nSPS) is 24.8. The summed E-state index contributed by atoms with van der Waals surface area (Å²) in [6.07, 6.45) is 1.20. The van der Waals surface area contributed by atoms with Crippen LogP contribution in [0.5, 0.6) is 0 Å². The number of rotatable bonds is 0. The van der Waals surface area contributed by atoms with Crippen molar-refractivity contribution >= 4 is 5.96 Å². The number of hydrazine groups is 1. The van der Waals surface area contributed by atoms with Crippen molar-refractivity contribution in [2.45, 2.75) is 6.42 Å². The Morgan fingerprint density at radius 3 is 3.00 bits per heavy atom. The van der Waals surface area contributed by atoms with E-state index in [1.165, 1.54) is 6.42 Å². The highest BCUT2D eigenvalue weighted by atomic mass is 15.6. The first kappa shape index (κ1) is 5.97. The van der Waals surface area contributed by atoms with Crippen molar-refractivity contribution in [2.24, 2.45) is 4.99 Å². The molecule has 1 fully saturated rings. The van der Waals surface area contributed by atoms with Gasteiger partial charge >= 0.3 is 0 Å². The van der Waals surface area contributed by atoms with Gasteiger partial charge in [0.25, 0.3) is 0 Å². The van der Waals surface area contributed by atoms with E-state index in [4.69, 9.17) is 0 Å². The van der Waals surface area contributed by atoms with Crippen molar-refractivity contribution in [2.75, 3.05) is 26.2 Å². The highest BCUT2D eigenvalue weighted by Crippen LogP contribution is 1.99. The van der Waals surface area contributed by atoms with Crippen LogP contribution < -0.4 is 10.7 Å². The van der Waals surface area contributed by atoms with Crippen LogP contribution in [0.2, 0.25) is 0 Å². The van der Waals surface area contributed by atoms with Crippen LogP contribution >= 0.6 is 0 Å². The van der Waals surface area contributed by atoms with Gasteiger partial charge in [-0.3, -0.25) is 5.01 Å². The Bertz CT molecular complexity index is 148. The quantitative estimate of drug-likeness (QED) is 0.476. The summed E-state index contributed by atoms with van der Waals surface area (Å²) >= 11 is 0. The van der Waals surface area contributed by atoms with Gasteiger partial charge in [0, 0.05) is 13.1 Å². The maximum atomic E-state index is 4.23. The minimum absolute atomic E-state index is 0.869. The first-order valence-electron chi connectivity index (χ1n) is 3.70. The van der Waals surface area contributed by atoms with Gasteiger partial charge in [0.15, 0.2) is 0 Å². The minimum atomic E-state index is 0.869. The van der Waals surface area contributed by atoms with Gasteiger partial charge in [0.05, 0.1) is 13.1 Å². The van der Waals surface area contributed by atoms with E-state index in [1.807, 2.05) is 5.01 Å². The fourth-order valence-corrected chi connectivity index (χ4v) is 1.22. The lowest BCUT2D eigenvalue weighted by molar-refractivity contribution is 0.392. The summed E-state index contributed by atoms with van der Waals surface area (Å²) in [4.78, 5) is 4.23. The molecule has 4 heteroatoms. The molecule has 1 saturated heterocycles. The Morgan fingerprint density at radius 1 is 1.40 bits per heavy atom. The molecule has 0 aromatic rings. The molecule has 2 aliphatic rings. The fraction of sp³-hybridized carbons (Fsp3) is 0.833. The molecular weight excluding hydrogens is 128 g/mol. The van der Waals surface area contributed by atoms with Crippen LogP contribution in [-0.2, 0) is 0 Å². The first-order valence-corrected chi connectivity index (χ1v) is 3.70. The van der Waals surface area contributed by atoms with E-state index in [0.717, 1.165) is 32.1 Å². The Kier molecular flexibility index (Phi) is 1.47. The number of nitrogens with zero attached hydrogens (tertiary/aromatic N) is 3. The molecule has 0 amide bonds. The number of nitrogens with one attached hydrogen (secondary N) is 1. The topological polar surface area (TPSA) is 41.7 Å². The second kappa shape index (κ2) is 2.46. The third-order valence-electron chi connectivity index (χ3n) is 1.71. The summed E-state index contributed by atoms with van der Waals surface area (Å²) in [5, 5.41) is 6.27. The molecule has 0 aromatic carbocycles. The number of hydrogen-bond acceptors (Lipinski definition) is 3. The van der Waals surface area contributed by atoms with E-state index in [2.05, 4.69) is 15.7 Å². The molecule has 2 heterocycles. The summed E-state index contributed by atoms with van der Waals surface area (Å²) in [6.45, 7) is 3.86. The van der Waals surface area contributed by atoms with Crippen molar-refractivity contribution in [1.82, 2.24) is 15.8 Å². The lowest BCUT2D eigenvalue weighted by atomic mass is 10.5. The Hall–Kier alpha value is -0.770. The largest absolute Gasteiger partial charge is 0.277 e. The van der Waals surface area contributed by atoms with Crippen molar-refractivity contribution in [3.8, 4) is 0 Å². The van der Waals surface area contributed by atoms with Crippen LogP contribution in [-0.4, -0.2) is 37.1 Å². The smallest absolute Gasteiger partial charge is 0.230 e. The zero-order chi connectivity index (χ0) is 6.81. The third kappa shape index (κ3) is 0.945. The zero-order valence-electron chi connectivity index (χ0n) is 5.88. The van der Waals surface area contributed by atoms with Gasteiger partial charge in [-0.1, -0.05) is 0 Å². The predicted molar refractivity (Wildman–Crippen MR) is 38.6 cm³/mol. The molecule has 2 aliphatic heterocycles. The van der Waals surface area contributed by atoms with Gasteiger partial charge in [-0.05, 0) is 6.42 Å². The van der Waals surface area contributed by atoms with E-state index in [9.17, 15) is 0 Å². The van der Waals surface area contributed by atoms with Crippen molar-refractivity contribution in [1.29, 1.82) is 0 Å². The molecule has 4 nitrogen and oxygen atoms in total. The highest BCUT2D eigenvalue weighted by Gasteiger charge is 2.18. The van der Waals surface area contributed by atoms with Crippen molar-refractivity contribution < 1.29 is 0 Å². The SMILES string of the molecule is C1CNN(C2=NCC[N]2)C1. The second-order valence-electron chi connectivity index (χ2n) is 2.48. The van der Waals surface area contributed by atoms with E-state index >= 15 is 0 Å². The number of hydrogen-bond donors (Lipinski definition) is 1. The molecule has 55 valence electrons. The zero-order valence-corrected chi connectivity index (χ0v) is 5.88. The number of guanidine groups is 1. The van der Waals surface area contributed by atoms with E-state index in [0.29, 0.717) is 0 Å². The maximum Gasteiger partial charge on any atom is 0.230 e. The van der Waals surface area contributed by atoms with Crippen LogP contribution in [0, 0.1) is 0 Å². The fourth-order valence-electron chi connectivity index (χ4n) is 1.22. The highest BCUT2D eigenvalue weighted by molar-refractivity contribution is 5.80. The van der Waals surface area contributed by atoms with Crippen LogP contribution in [0.1, 0.15) is 6.42 Å².